The van der Waals surface area contributed by atoms with Crippen LogP contribution in [0.25, 0.3) is 44.5 Å². The highest BCUT2D eigenvalue weighted by atomic mass is 15.3. The number of nitrogen functional groups attached to an aromatic ring is 1. The smallest absolute Gasteiger partial charge is 0.164 e. The molecule has 0 radical (unpaired) electrons. The molecule has 7 nitrogen and oxygen atoms in total. The molecule has 5 aromatic rings. The summed E-state index contributed by atoms with van der Waals surface area (Å²) in [5.41, 5.74) is 13.2. The highest BCUT2D eigenvalue weighted by Gasteiger charge is 2.33. The van der Waals surface area contributed by atoms with Gasteiger partial charge in [-0.1, -0.05) is 42.5 Å². The van der Waals surface area contributed by atoms with Gasteiger partial charge in [-0.2, -0.15) is 5.10 Å². The van der Waals surface area contributed by atoms with Gasteiger partial charge < -0.3 is 10.6 Å². The minimum Gasteiger partial charge on any atom is -0.383 e. The zero-order valence-corrected chi connectivity index (χ0v) is 20.3. The van der Waals surface area contributed by atoms with Crippen molar-refractivity contribution >= 4 is 27.8 Å². The van der Waals surface area contributed by atoms with Crippen molar-refractivity contribution in [3.8, 4) is 22.5 Å². The van der Waals surface area contributed by atoms with Gasteiger partial charge in [0.25, 0.3) is 0 Å². The van der Waals surface area contributed by atoms with Crippen molar-refractivity contribution in [3.05, 3.63) is 66.5 Å². The molecule has 2 aromatic carbocycles. The summed E-state index contributed by atoms with van der Waals surface area (Å²) in [7, 11) is 4.25. The summed E-state index contributed by atoms with van der Waals surface area (Å²) in [5.74, 6) is 1.14. The number of anilines is 1. The number of hydrogen-bond acceptors (Lipinski definition) is 6. The van der Waals surface area contributed by atoms with Gasteiger partial charge in [0.15, 0.2) is 5.65 Å². The SMILES string of the molecule is Cc1cc(-c2ccccc2)nc2cc(-c3nn(C4CC(CN(C)C)C4)c4ncnc(N)c34)ccc12. The van der Waals surface area contributed by atoms with E-state index in [0.717, 1.165) is 63.8 Å². The summed E-state index contributed by atoms with van der Waals surface area (Å²) >= 11 is 0. The van der Waals surface area contributed by atoms with Crippen molar-refractivity contribution in [1.82, 2.24) is 29.6 Å². The van der Waals surface area contributed by atoms with E-state index in [2.05, 4.69) is 77.0 Å². The Morgan fingerprint density at radius 3 is 2.57 bits per heavy atom. The van der Waals surface area contributed by atoms with Crippen molar-refractivity contribution in [2.24, 2.45) is 5.92 Å². The normalized spacial score (nSPS) is 17.8. The summed E-state index contributed by atoms with van der Waals surface area (Å²) in [5, 5.41) is 7.01. The second-order valence-corrected chi connectivity index (χ2v) is 9.93. The predicted octanol–water partition coefficient (Wildman–Crippen LogP) is 5.11. The first-order valence-corrected chi connectivity index (χ1v) is 12.1. The standard InChI is InChI=1S/C28H29N7/c1-17-11-23(19-7-5-4-6-8-19)32-24-14-20(9-10-22(17)24)26-25-27(29)30-16-31-28(25)35(33-26)21-12-18(13-21)15-34(2)3/h4-11,14,16,18,21H,12-13,15H2,1-3H3,(H2,29,30,31). The summed E-state index contributed by atoms with van der Waals surface area (Å²) in [6.07, 6.45) is 3.72. The molecule has 0 saturated heterocycles. The van der Waals surface area contributed by atoms with Gasteiger partial charge in [0.05, 0.1) is 22.6 Å². The molecular formula is C28H29N7. The molecule has 7 heteroatoms. The van der Waals surface area contributed by atoms with Gasteiger partial charge >= 0.3 is 0 Å². The lowest BCUT2D eigenvalue weighted by atomic mass is 9.80. The Morgan fingerprint density at radius 2 is 1.80 bits per heavy atom. The number of rotatable bonds is 5. The summed E-state index contributed by atoms with van der Waals surface area (Å²) < 4.78 is 2.07. The van der Waals surface area contributed by atoms with E-state index in [9.17, 15) is 0 Å². The Bertz CT molecular complexity index is 1530. The monoisotopic (exact) mass is 463 g/mol. The molecule has 0 atom stereocenters. The molecule has 0 spiro atoms. The van der Waals surface area contributed by atoms with Crippen LogP contribution in [0.2, 0.25) is 0 Å². The molecule has 1 fully saturated rings. The Morgan fingerprint density at radius 1 is 1.00 bits per heavy atom. The summed E-state index contributed by atoms with van der Waals surface area (Å²) in [6.45, 7) is 3.23. The van der Waals surface area contributed by atoms with Crippen molar-refractivity contribution in [2.45, 2.75) is 25.8 Å². The van der Waals surface area contributed by atoms with Crippen LogP contribution in [0.15, 0.2) is 60.9 Å². The first kappa shape index (κ1) is 21.7. The summed E-state index contributed by atoms with van der Waals surface area (Å²) in [6, 6.07) is 19.1. The lowest BCUT2D eigenvalue weighted by molar-refractivity contribution is 0.149. The van der Waals surface area contributed by atoms with Gasteiger partial charge in [-0.3, -0.25) is 0 Å². The van der Waals surface area contributed by atoms with E-state index < -0.39 is 0 Å². The van der Waals surface area contributed by atoms with E-state index in [-0.39, 0.29) is 0 Å². The van der Waals surface area contributed by atoms with Crippen LogP contribution in [0, 0.1) is 12.8 Å². The molecule has 176 valence electrons. The zero-order chi connectivity index (χ0) is 24.1. The lowest BCUT2D eigenvalue weighted by Gasteiger charge is -2.37. The van der Waals surface area contributed by atoms with Gasteiger partial charge in [0.1, 0.15) is 17.8 Å². The number of aromatic nitrogens is 5. The molecule has 35 heavy (non-hydrogen) atoms. The Balaban J connectivity index is 1.45. The fourth-order valence-electron chi connectivity index (χ4n) is 5.32. The number of pyridine rings is 1. The van der Waals surface area contributed by atoms with Crippen molar-refractivity contribution in [2.75, 3.05) is 26.4 Å². The number of aryl methyl sites for hydroxylation is 1. The van der Waals surface area contributed by atoms with Gasteiger partial charge in [-0.05, 0) is 57.5 Å². The molecule has 1 saturated carbocycles. The minimum absolute atomic E-state index is 0.330. The average Bonchev–Trinajstić information content (AvgIpc) is 3.21. The molecule has 0 aliphatic heterocycles. The van der Waals surface area contributed by atoms with E-state index in [1.165, 1.54) is 11.9 Å². The molecular weight excluding hydrogens is 434 g/mol. The molecule has 0 amide bonds. The number of benzene rings is 2. The molecule has 6 rings (SSSR count). The second kappa shape index (κ2) is 8.43. The van der Waals surface area contributed by atoms with Crippen molar-refractivity contribution in [3.63, 3.8) is 0 Å². The van der Waals surface area contributed by atoms with Crippen LogP contribution in [0.5, 0.6) is 0 Å². The largest absolute Gasteiger partial charge is 0.383 e. The van der Waals surface area contributed by atoms with Crippen LogP contribution in [0.3, 0.4) is 0 Å². The van der Waals surface area contributed by atoms with E-state index in [1.54, 1.807) is 0 Å². The molecule has 3 aromatic heterocycles. The minimum atomic E-state index is 0.330. The van der Waals surface area contributed by atoms with E-state index in [4.69, 9.17) is 15.8 Å². The topological polar surface area (TPSA) is 85.8 Å². The maximum Gasteiger partial charge on any atom is 0.164 e. The molecule has 0 unspecified atom stereocenters. The number of nitrogens with two attached hydrogens (primary N) is 1. The Labute approximate surface area is 204 Å². The van der Waals surface area contributed by atoms with Gasteiger partial charge in [-0.15, -0.1) is 0 Å². The first-order chi connectivity index (χ1) is 17.0. The second-order valence-electron chi connectivity index (χ2n) is 9.93. The van der Waals surface area contributed by atoms with Crippen molar-refractivity contribution in [1.29, 1.82) is 0 Å². The van der Waals surface area contributed by atoms with E-state index >= 15 is 0 Å². The summed E-state index contributed by atoms with van der Waals surface area (Å²) in [4.78, 5) is 16.1. The van der Waals surface area contributed by atoms with E-state index in [1.807, 2.05) is 18.2 Å². The molecule has 3 heterocycles. The first-order valence-electron chi connectivity index (χ1n) is 12.1. The van der Waals surface area contributed by atoms with Crippen LogP contribution < -0.4 is 5.73 Å². The average molecular weight is 464 g/mol. The van der Waals surface area contributed by atoms with Crippen LogP contribution >= 0.6 is 0 Å². The molecule has 2 N–H and O–H groups in total. The Kier molecular flexibility index (Phi) is 5.22. The fourth-order valence-corrected chi connectivity index (χ4v) is 5.32. The fraction of sp³-hybridized carbons (Fsp3) is 0.286. The Hall–Kier alpha value is -3.84. The van der Waals surface area contributed by atoms with Gasteiger partial charge in [-0.25, -0.2) is 19.6 Å². The van der Waals surface area contributed by atoms with Gasteiger partial charge in [0, 0.05) is 23.1 Å². The van der Waals surface area contributed by atoms with E-state index in [0.29, 0.717) is 17.8 Å². The number of fused-ring (bicyclic) bond motifs is 2. The quantitative estimate of drug-likeness (QED) is 0.390. The number of hydrogen-bond donors (Lipinski definition) is 1. The molecule has 1 aliphatic carbocycles. The zero-order valence-electron chi connectivity index (χ0n) is 20.3. The maximum atomic E-state index is 6.37. The number of nitrogens with zero attached hydrogens (tertiary/aromatic N) is 6. The van der Waals surface area contributed by atoms with Gasteiger partial charge in [0.2, 0.25) is 0 Å². The molecule has 0 bridgehead atoms. The third kappa shape index (κ3) is 3.82. The van der Waals surface area contributed by atoms with Crippen LogP contribution in [-0.2, 0) is 0 Å². The van der Waals surface area contributed by atoms with Crippen molar-refractivity contribution < 1.29 is 0 Å². The third-order valence-corrected chi connectivity index (χ3v) is 7.06. The third-order valence-electron chi connectivity index (χ3n) is 7.06. The lowest BCUT2D eigenvalue weighted by Crippen LogP contribution is -2.34. The highest BCUT2D eigenvalue weighted by Crippen LogP contribution is 2.41. The van der Waals surface area contributed by atoms with Crippen LogP contribution in [-0.4, -0.2) is 50.3 Å². The van der Waals surface area contributed by atoms with Crippen LogP contribution in [0.4, 0.5) is 5.82 Å². The highest BCUT2D eigenvalue weighted by molar-refractivity contribution is 6.00. The predicted molar refractivity (Wildman–Crippen MR) is 141 cm³/mol. The van der Waals surface area contributed by atoms with Crippen LogP contribution in [0.1, 0.15) is 24.4 Å². The molecule has 1 aliphatic rings. The maximum absolute atomic E-state index is 6.37.